The molecular weight excluding hydrogens is 677 g/mol. The summed E-state index contributed by atoms with van der Waals surface area (Å²) >= 11 is 0. The Morgan fingerprint density at radius 3 is 1.70 bits per heavy atom. The number of hydrogen-bond donors (Lipinski definition) is 0. The molecule has 1 heterocycles. The smallest absolute Gasteiger partial charge is 0.0465 e. The summed E-state index contributed by atoms with van der Waals surface area (Å²) in [6.45, 7) is 6.96. The highest BCUT2D eigenvalue weighted by molar-refractivity contribution is 5.93. The van der Waals surface area contributed by atoms with Crippen LogP contribution in [0.25, 0.3) is 45.5 Å². The van der Waals surface area contributed by atoms with Gasteiger partial charge < -0.3 is 9.80 Å². The second kappa shape index (κ2) is 15.6. The van der Waals surface area contributed by atoms with Gasteiger partial charge in [0, 0.05) is 46.8 Å². The van der Waals surface area contributed by atoms with Crippen molar-refractivity contribution in [1.29, 1.82) is 0 Å². The summed E-state index contributed by atoms with van der Waals surface area (Å²) < 4.78 is 0. The van der Waals surface area contributed by atoms with E-state index in [9.17, 15) is 0 Å². The molecule has 0 radical (unpaired) electrons. The number of para-hydroxylation sites is 2. The van der Waals surface area contributed by atoms with Crippen LogP contribution >= 0.6 is 0 Å². The molecule has 2 aliphatic rings. The molecule has 1 fully saturated rings. The van der Waals surface area contributed by atoms with E-state index in [0.29, 0.717) is 0 Å². The molecule has 1 aliphatic heterocycles. The molecule has 2 heteroatoms. The first-order valence-electron chi connectivity index (χ1n) is 20.6. The zero-order valence-electron chi connectivity index (χ0n) is 32.7. The Balaban J connectivity index is 1.03. The number of rotatable bonds is 10. The van der Waals surface area contributed by atoms with Crippen LogP contribution in [0.2, 0.25) is 0 Å². The maximum atomic E-state index is 2.60. The lowest BCUT2D eigenvalue weighted by Crippen LogP contribution is -2.29. The van der Waals surface area contributed by atoms with Crippen molar-refractivity contribution in [3.8, 4) is 33.4 Å². The van der Waals surface area contributed by atoms with Gasteiger partial charge in [0.2, 0.25) is 0 Å². The van der Waals surface area contributed by atoms with Crippen LogP contribution in [0.1, 0.15) is 68.2 Å². The Labute approximate surface area is 333 Å². The first-order valence-corrected chi connectivity index (χ1v) is 20.6. The SMILES string of the molecule is CCC1(CC)c2cc(/C=C/c3ccc(-c4c(-c5ccccc5)cccc4N4CCCCC4)cc3)ccc2-c2ccc(N(c3ccccc3)c3ccccc3)cc21. The van der Waals surface area contributed by atoms with Crippen LogP contribution in [0, 0.1) is 0 Å². The van der Waals surface area contributed by atoms with Crippen molar-refractivity contribution >= 4 is 34.9 Å². The topological polar surface area (TPSA) is 6.48 Å². The van der Waals surface area contributed by atoms with Gasteiger partial charge in [-0.3, -0.25) is 0 Å². The number of fused-ring (bicyclic) bond motifs is 3. The Hall–Kier alpha value is -6.12. The Bertz CT molecular complexity index is 2410. The summed E-state index contributed by atoms with van der Waals surface area (Å²) in [6, 6.07) is 62.6. The van der Waals surface area contributed by atoms with Crippen molar-refractivity contribution in [3.63, 3.8) is 0 Å². The van der Waals surface area contributed by atoms with E-state index in [2.05, 4.69) is 206 Å². The van der Waals surface area contributed by atoms with Crippen molar-refractivity contribution in [1.82, 2.24) is 0 Å². The molecule has 0 bridgehead atoms. The minimum absolute atomic E-state index is 0.0522. The van der Waals surface area contributed by atoms with E-state index >= 15 is 0 Å². The van der Waals surface area contributed by atoms with Crippen molar-refractivity contribution in [2.45, 2.75) is 51.4 Å². The van der Waals surface area contributed by atoms with Crippen LogP contribution in [-0.2, 0) is 5.41 Å². The average Bonchev–Trinajstić information content (AvgIpc) is 3.55. The van der Waals surface area contributed by atoms with E-state index in [1.807, 2.05) is 0 Å². The summed E-state index contributed by atoms with van der Waals surface area (Å²) in [5, 5.41) is 0. The van der Waals surface area contributed by atoms with E-state index < -0.39 is 0 Å². The summed E-state index contributed by atoms with van der Waals surface area (Å²) in [7, 11) is 0. The maximum absolute atomic E-state index is 2.60. The van der Waals surface area contributed by atoms with E-state index in [1.54, 1.807) is 0 Å². The molecule has 7 aromatic carbocycles. The highest BCUT2D eigenvalue weighted by Gasteiger charge is 2.41. The van der Waals surface area contributed by atoms with Crippen LogP contribution in [0.15, 0.2) is 170 Å². The number of piperidine rings is 1. The molecule has 0 amide bonds. The van der Waals surface area contributed by atoms with Gasteiger partial charge in [0.05, 0.1) is 0 Å². The zero-order valence-corrected chi connectivity index (χ0v) is 32.7. The van der Waals surface area contributed by atoms with Crippen molar-refractivity contribution in [2.24, 2.45) is 0 Å². The van der Waals surface area contributed by atoms with Crippen molar-refractivity contribution in [2.75, 3.05) is 22.9 Å². The lowest BCUT2D eigenvalue weighted by molar-refractivity contribution is 0.490. The molecule has 0 unspecified atom stereocenters. The Morgan fingerprint density at radius 1 is 0.482 bits per heavy atom. The van der Waals surface area contributed by atoms with Crippen LogP contribution in [-0.4, -0.2) is 13.1 Å². The van der Waals surface area contributed by atoms with Crippen LogP contribution in [0.5, 0.6) is 0 Å². The number of nitrogens with zero attached hydrogens (tertiary/aromatic N) is 2. The fourth-order valence-electron chi connectivity index (χ4n) is 9.41. The number of benzene rings is 7. The predicted octanol–water partition coefficient (Wildman–Crippen LogP) is 14.7. The van der Waals surface area contributed by atoms with Gasteiger partial charge in [-0.2, -0.15) is 0 Å². The maximum Gasteiger partial charge on any atom is 0.0465 e. The summed E-state index contributed by atoms with van der Waals surface area (Å²) in [5.74, 6) is 0. The normalized spacial score (nSPS) is 14.4. The first kappa shape index (κ1) is 35.6. The van der Waals surface area contributed by atoms with Crippen LogP contribution in [0.4, 0.5) is 22.7 Å². The quantitative estimate of drug-likeness (QED) is 0.130. The minimum Gasteiger partial charge on any atom is -0.371 e. The largest absolute Gasteiger partial charge is 0.371 e. The molecule has 2 nitrogen and oxygen atoms in total. The standard InChI is InChI=1S/C54H50N2/c1-3-54(4-2)50-38-41(30-34-48(50)49-35-33-46(39-51(49)54)56(44-20-11-6-12-21-44)45-22-13-7-14-23-45)27-26-40-28-31-43(32-29-40)53-47(42-18-9-5-10-19-42)24-17-25-52(53)55-36-15-8-16-37-55/h5-7,9-14,17-35,38-39H,3-4,8,15-16,36-37H2,1-2H3/b27-26+. The third kappa shape index (κ3) is 6.54. The van der Waals surface area contributed by atoms with Gasteiger partial charge in [0.1, 0.15) is 0 Å². The summed E-state index contributed by atoms with van der Waals surface area (Å²) in [6.07, 6.45) is 10.5. The minimum atomic E-state index is -0.0522. The van der Waals surface area contributed by atoms with Gasteiger partial charge in [-0.1, -0.05) is 153 Å². The molecule has 0 saturated carbocycles. The van der Waals surface area contributed by atoms with E-state index in [0.717, 1.165) is 37.3 Å². The fraction of sp³-hybridized carbons (Fsp3) is 0.185. The molecule has 56 heavy (non-hydrogen) atoms. The Kier molecular flexibility index (Phi) is 9.88. The van der Waals surface area contributed by atoms with Gasteiger partial charge >= 0.3 is 0 Å². The molecule has 7 aromatic rings. The highest BCUT2D eigenvalue weighted by Crippen LogP contribution is 2.54. The van der Waals surface area contributed by atoms with Gasteiger partial charge in [-0.15, -0.1) is 0 Å². The van der Waals surface area contributed by atoms with Gasteiger partial charge in [-0.25, -0.2) is 0 Å². The molecule has 0 spiro atoms. The third-order valence-corrected chi connectivity index (χ3v) is 12.4. The second-order valence-electron chi connectivity index (χ2n) is 15.4. The fourth-order valence-corrected chi connectivity index (χ4v) is 9.41. The molecule has 1 saturated heterocycles. The van der Waals surface area contributed by atoms with Crippen molar-refractivity contribution < 1.29 is 0 Å². The first-order chi connectivity index (χ1) is 27.7. The lowest BCUT2D eigenvalue weighted by Gasteiger charge is -2.32. The van der Waals surface area contributed by atoms with E-state index in [1.165, 1.54) is 86.3 Å². The predicted molar refractivity (Wildman–Crippen MR) is 240 cm³/mol. The summed E-state index contributed by atoms with van der Waals surface area (Å²) in [5.41, 5.74) is 18.0. The highest BCUT2D eigenvalue weighted by atomic mass is 15.1. The molecule has 0 atom stereocenters. The third-order valence-electron chi connectivity index (χ3n) is 12.4. The molecule has 276 valence electrons. The molecule has 0 aromatic heterocycles. The number of anilines is 4. The molecular formula is C54H50N2. The van der Waals surface area contributed by atoms with Gasteiger partial charge in [0.15, 0.2) is 0 Å². The van der Waals surface area contributed by atoms with Crippen LogP contribution in [0.3, 0.4) is 0 Å². The van der Waals surface area contributed by atoms with Gasteiger partial charge in [-0.05, 0) is 125 Å². The second-order valence-corrected chi connectivity index (χ2v) is 15.4. The lowest BCUT2D eigenvalue weighted by atomic mass is 9.73. The monoisotopic (exact) mass is 726 g/mol. The van der Waals surface area contributed by atoms with Gasteiger partial charge in [0.25, 0.3) is 0 Å². The van der Waals surface area contributed by atoms with E-state index in [4.69, 9.17) is 0 Å². The molecule has 9 rings (SSSR count). The number of hydrogen-bond acceptors (Lipinski definition) is 2. The van der Waals surface area contributed by atoms with E-state index in [-0.39, 0.29) is 5.41 Å². The van der Waals surface area contributed by atoms with Crippen molar-refractivity contribution in [3.05, 3.63) is 192 Å². The average molecular weight is 727 g/mol. The zero-order chi connectivity index (χ0) is 37.9. The molecule has 1 aliphatic carbocycles. The Morgan fingerprint density at radius 2 is 1.05 bits per heavy atom. The van der Waals surface area contributed by atoms with Crippen LogP contribution < -0.4 is 9.80 Å². The molecule has 0 N–H and O–H groups in total. The summed E-state index contributed by atoms with van der Waals surface area (Å²) in [4.78, 5) is 4.98.